The van der Waals surface area contributed by atoms with Crippen molar-refractivity contribution in [2.75, 3.05) is 12.9 Å². The van der Waals surface area contributed by atoms with Crippen LogP contribution in [0.25, 0.3) is 0 Å². The minimum atomic E-state index is 0.0381. The van der Waals surface area contributed by atoms with E-state index in [1.807, 2.05) is 31.2 Å². The van der Waals surface area contributed by atoms with Crippen LogP contribution in [-0.4, -0.2) is 18.8 Å². The van der Waals surface area contributed by atoms with E-state index >= 15 is 0 Å². The number of carbonyl (C=O) groups excluding carboxylic acids is 1. The lowest BCUT2D eigenvalue weighted by molar-refractivity contribution is -0.119. The number of nitrogens with one attached hydrogen (secondary N) is 1. The third-order valence-electron chi connectivity index (χ3n) is 4.32. The van der Waals surface area contributed by atoms with Crippen molar-refractivity contribution < 1.29 is 9.53 Å². The molecule has 0 fully saturated rings. The third-order valence-corrected chi connectivity index (χ3v) is 5.30. The SMILES string of the molecule is CC[C@H](NC(=O)CSCc1ccccc1C)c1ccc(OC)c(C)c1. The number of aryl methyl sites for hydroxylation is 2. The van der Waals surface area contributed by atoms with E-state index in [0.717, 1.165) is 29.1 Å². The van der Waals surface area contributed by atoms with Crippen LogP contribution in [0.3, 0.4) is 0 Å². The van der Waals surface area contributed by atoms with Crippen LogP contribution in [0.5, 0.6) is 5.75 Å². The van der Waals surface area contributed by atoms with E-state index in [1.54, 1.807) is 18.9 Å². The lowest BCUT2D eigenvalue weighted by atomic mass is 10.0. The smallest absolute Gasteiger partial charge is 0.230 e. The van der Waals surface area contributed by atoms with Crippen molar-refractivity contribution in [3.63, 3.8) is 0 Å². The van der Waals surface area contributed by atoms with E-state index in [2.05, 4.69) is 37.4 Å². The molecule has 0 aliphatic heterocycles. The molecular weight excluding hydrogens is 330 g/mol. The molecule has 1 amide bonds. The average molecular weight is 358 g/mol. The summed E-state index contributed by atoms with van der Waals surface area (Å²) in [6.07, 6.45) is 0.861. The Balaban J connectivity index is 1.89. The maximum absolute atomic E-state index is 12.3. The van der Waals surface area contributed by atoms with Crippen LogP contribution < -0.4 is 10.1 Å². The predicted octanol–water partition coefficient (Wildman–Crippen LogP) is 4.81. The maximum atomic E-state index is 12.3. The fourth-order valence-electron chi connectivity index (χ4n) is 2.80. The topological polar surface area (TPSA) is 38.3 Å². The normalized spacial score (nSPS) is 11.8. The molecule has 1 N–H and O–H groups in total. The van der Waals surface area contributed by atoms with Crippen molar-refractivity contribution in [3.8, 4) is 5.75 Å². The molecule has 1 atom stereocenters. The van der Waals surface area contributed by atoms with Gasteiger partial charge < -0.3 is 10.1 Å². The summed E-state index contributed by atoms with van der Waals surface area (Å²) in [5, 5.41) is 3.15. The molecule has 0 heterocycles. The molecule has 3 nitrogen and oxygen atoms in total. The minimum absolute atomic E-state index is 0.0381. The van der Waals surface area contributed by atoms with Gasteiger partial charge in [0.2, 0.25) is 5.91 Å². The van der Waals surface area contributed by atoms with Crippen LogP contribution in [0, 0.1) is 13.8 Å². The number of methoxy groups -OCH3 is 1. The van der Waals surface area contributed by atoms with E-state index in [-0.39, 0.29) is 11.9 Å². The lowest BCUT2D eigenvalue weighted by Gasteiger charge is -2.19. The van der Waals surface area contributed by atoms with E-state index < -0.39 is 0 Å². The Morgan fingerprint density at radius 1 is 1.16 bits per heavy atom. The van der Waals surface area contributed by atoms with Crippen molar-refractivity contribution in [2.24, 2.45) is 0 Å². The monoisotopic (exact) mass is 357 g/mol. The number of hydrogen-bond donors (Lipinski definition) is 1. The van der Waals surface area contributed by atoms with Gasteiger partial charge in [-0.3, -0.25) is 4.79 Å². The molecule has 2 rings (SSSR count). The van der Waals surface area contributed by atoms with Gasteiger partial charge in [0.25, 0.3) is 0 Å². The number of thioether (sulfide) groups is 1. The van der Waals surface area contributed by atoms with Gasteiger partial charge in [0, 0.05) is 5.75 Å². The molecule has 0 aliphatic carbocycles. The Kier molecular flexibility index (Phi) is 7.38. The predicted molar refractivity (Wildman–Crippen MR) is 106 cm³/mol. The molecule has 0 unspecified atom stereocenters. The summed E-state index contributed by atoms with van der Waals surface area (Å²) in [7, 11) is 1.67. The average Bonchev–Trinajstić information content (AvgIpc) is 2.61. The number of hydrogen-bond acceptors (Lipinski definition) is 3. The van der Waals surface area contributed by atoms with Crippen molar-refractivity contribution in [3.05, 3.63) is 64.7 Å². The summed E-state index contributed by atoms with van der Waals surface area (Å²) in [4.78, 5) is 12.3. The van der Waals surface area contributed by atoms with Crippen LogP contribution in [-0.2, 0) is 10.5 Å². The number of amides is 1. The minimum Gasteiger partial charge on any atom is -0.496 e. The van der Waals surface area contributed by atoms with Crippen molar-refractivity contribution in [2.45, 2.75) is 39.0 Å². The van der Waals surface area contributed by atoms with Gasteiger partial charge in [-0.1, -0.05) is 43.3 Å². The molecule has 4 heteroatoms. The Labute approximate surface area is 155 Å². The Hall–Kier alpha value is -1.94. The second kappa shape index (κ2) is 9.52. The molecule has 2 aromatic carbocycles. The van der Waals surface area contributed by atoms with E-state index in [1.165, 1.54) is 11.1 Å². The summed E-state index contributed by atoms with van der Waals surface area (Å²) < 4.78 is 5.31. The highest BCUT2D eigenvalue weighted by Gasteiger charge is 2.14. The first-order valence-electron chi connectivity index (χ1n) is 8.61. The van der Waals surface area contributed by atoms with Crippen LogP contribution in [0.1, 0.15) is 41.6 Å². The first kappa shape index (κ1) is 19.4. The van der Waals surface area contributed by atoms with E-state index in [0.29, 0.717) is 5.75 Å². The summed E-state index contributed by atoms with van der Waals surface area (Å²) in [5.41, 5.74) is 4.77. The molecule has 0 bridgehead atoms. The quantitative estimate of drug-likeness (QED) is 0.736. The Morgan fingerprint density at radius 2 is 1.92 bits per heavy atom. The Morgan fingerprint density at radius 3 is 2.56 bits per heavy atom. The lowest BCUT2D eigenvalue weighted by Crippen LogP contribution is -2.29. The number of benzene rings is 2. The van der Waals surface area contributed by atoms with Gasteiger partial charge in [-0.05, 0) is 48.6 Å². The van der Waals surface area contributed by atoms with Crippen molar-refractivity contribution in [1.82, 2.24) is 5.32 Å². The number of ether oxygens (including phenoxy) is 1. The summed E-state index contributed by atoms with van der Waals surface area (Å²) in [5.74, 6) is 2.29. The molecular formula is C21H27NO2S. The van der Waals surface area contributed by atoms with Gasteiger partial charge in [-0.25, -0.2) is 0 Å². The first-order chi connectivity index (χ1) is 12.0. The van der Waals surface area contributed by atoms with Crippen molar-refractivity contribution >= 4 is 17.7 Å². The highest BCUT2D eigenvalue weighted by molar-refractivity contribution is 7.99. The van der Waals surface area contributed by atoms with Gasteiger partial charge in [-0.2, -0.15) is 0 Å². The molecule has 0 aliphatic rings. The molecule has 25 heavy (non-hydrogen) atoms. The molecule has 0 saturated heterocycles. The molecule has 2 aromatic rings. The van der Waals surface area contributed by atoms with Gasteiger partial charge in [0.15, 0.2) is 0 Å². The molecule has 0 spiro atoms. The van der Waals surface area contributed by atoms with Crippen LogP contribution in [0.4, 0.5) is 0 Å². The molecule has 0 aromatic heterocycles. The Bertz CT molecular complexity index is 715. The first-order valence-corrected chi connectivity index (χ1v) is 9.76. The fraction of sp³-hybridized carbons (Fsp3) is 0.381. The van der Waals surface area contributed by atoms with Crippen LogP contribution >= 0.6 is 11.8 Å². The summed E-state index contributed by atoms with van der Waals surface area (Å²) >= 11 is 1.65. The second-order valence-electron chi connectivity index (χ2n) is 6.18. The fourth-order valence-corrected chi connectivity index (χ4v) is 3.72. The highest BCUT2D eigenvalue weighted by Crippen LogP contribution is 2.24. The van der Waals surface area contributed by atoms with Crippen LogP contribution in [0.2, 0.25) is 0 Å². The number of carbonyl (C=O) groups is 1. The standard InChI is InChI=1S/C21H27NO2S/c1-5-19(17-10-11-20(24-4)16(3)12-17)22-21(23)14-25-13-18-9-7-6-8-15(18)2/h6-12,19H,5,13-14H2,1-4H3,(H,22,23)/t19-/m0/s1. The summed E-state index contributed by atoms with van der Waals surface area (Å²) in [6, 6.07) is 14.4. The third kappa shape index (κ3) is 5.53. The largest absolute Gasteiger partial charge is 0.496 e. The number of rotatable bonds is 8. The summed E-state index contributed by atoms with van der Waals surface area (Å²) in [6.45, 7) is 6.22. The molecule has 134 valence electrons. The zero-order chi connectivity index (χ0) is 18.2. The second-order valence-corrected chi connectivity index (χ2v) is 7.16. The van der Waals surface area contributed by atoms with Gasteiger partial charge in [0.1, 0.15) is 5.75 Å². The zero-order valence-electron chi connectivity index (χ0n) is 15.5. The zero-order valence-corrected chi connectivity index (χ0v) is 16.3. The van der Waals surface area contributed by atoms with Gasteiger partial charge in [0.05, 0.1) is 18.9 Å². The van der Waals surface area contributed by atoms with Crippen molar-refractivity contribution in [1.29, 1.82) is 0 Å². The van der Waals surface area contributed by atoms with E-state index in [9.17, 15) is 4.79 Å². The highest BCUT2D eigenvalue weighted by atomic mass is 32.2. The van der Waals surface area contributed by atoms with Crippen LogP contribution in [0.15, 0.2) is 42.5 Å². The van der Waals surface area contributed by atoms with Gasteiger partial charge >= 0.3 is 0 Å². The molecule has 0 radical (unpaired) electrons. The van der Waals surface area contributed by atoms with E-state index in [4.69, 9.17) is 4.74 Å². The molecule has 0 saturated carbocycles. The maximum Gasteiger partial charge on any atom is 0.230 e. The van der Waals surface area contributed by atoms with Gasteiger partial charge in [-0.15, -0.1) is 11.8 Å².